The van der Waals surface area contributed by atoms with E-state index in [1.807, 2.05) is 6.07 Å². The minimum atomic E-state index is -0.193. The van der Waals surface area contributed by atoms with E-state index in [1.165, 1.54) is 111 Å². The fourth-order valence-corrected chi connectivity index (χ4v) is 11.4. The van der Waals surface area contributed by atoms with Crippen molar-refractivity contribution in [2.24, 2.45) is 0 Å². The van der Waals surface area contributed by atoms with Gasteiger partial charge in [-0.2, -0.15) is 0 Å². The van der Waals surface area contributed by atoms with Gasteiger partial charge in [-0.05, 0) is 149 Å². The molecule has 0 N–H and O–H groups in total. The summed E-state index contributed by atoms with van der Waals surface area (Å²) in [6, 6.07) is 61.8. The number of benzene rings is 10. The van der Waals surface area contributed by atoms with E-state index >= 15 is 0 Å². The van der Waals surface area contributed by atoms with E-state index in [-0.39, 0.29) is 16.8 Å². The van der Waals surface area contributed by atoms with Crippen LogP contribution in [0.5, 0.6) is 0 Å². The summed E-state index contributed by atoms with van der Waals surface area (Å²) in [5, 5.41) is 12.7. The highest BCUT2D eigenvalue weighted by Gasteiger charge is 2.57. The van der Waals surface area contributed by atoms with Crippen molar-refractivity contribution in [3.63, 3.8) is 0 Å². The van der Waals surface area contributed by atoms with E-state index in [1.54, 1.807) is 12.1 Å². The average molecular weight is 748 g/mol. The van der Waals surface area contributed by atoms with Crippen molar-refractivity contribution in [2.45, 2.75) is 50.5 Å². The van der Waals surface area contributed by atoms with Gasteiger partial charge in [-0.3, -0.25) is 0 Å². The molecular weight excluding hydrogens is 706 g/mol. The van der Waals surface area contributed by atoms with Gasteiger partial charge >= 0.3 is 0 Å². The molecule has 1 aliphatic heterocycles. The zero-order valence-corrected chi connectivity index (χ0v) is 32.8. The van der Waals surface area contributed by atoms with Crippen LogP contribution in [0.3, 0.4) is 0 Å². The lowest BCUT2D eigenvalue weighted by Crippen LogP contribution is -2.54. The molecule has 1 heterocycles. The molecule has 2 heteroatoms. The molecule has 0 amide bonds. The van der Waals surface area contributed by atoms with Crippen molar-refractivity contribution >= 4 is 65.2 Å². The second kappa shape index (κ2) is 12.2. The molecule has 1 nitrogen and oxygen atoms in total. The SMILES string of the molecule is CC12CCCCC1(C)N(c1cccc(F)c1)c1ccc(-c3cc(-c4cccc5ccccc45)c4ccc5ccc(-c6cccc7ccccc67)c6ccc3c4c56)cc12. The van der Waals surface area contributed by atoms with Gasteiger partial charge in [-0.15, -0.1) is 0 Å². The molecule has 10 aromatic carbocycles. The number of halogens is 1. The lowest BCUT2D eigenvalue weighted by molar-refractivity contribution is 0.195. The van der Waals surface area contributed by atoms with E-state index in [2.05, 4.69) is 170 Å². The molecule has 58 heavy (non-hydrogen) atoms. The van der Waals surface area contributed by atoms with Gasteiger partial charge in [0.2, 0.25) is 0 Å². The number of hydrogen-bond donors (Lipinski definition) is 0. The summed E-state index contributed by atoms with van der Waals surface area (Å²) < 4.78 is 14.9. The number of anilines is 2. The molecule has 2 unspecified atom stereocenters. The fraction of sp³-hybridized carbons (Fsp3) is 0.143. The van der Waals surface area contributed by atoms with Gasteiger partial charge in [0.15, 0.2) is 0 Å². The third-order valence-electron chi connectivity index (χ3n) is 14.4. The van der Waals surface area contributed by atoms with Gasteiger partial charge in [-0.1, -0.05) is 153 Å². The monoisotopic (exact) mass is 747 g/mol. The summed E-state index contributed by atoms with van der Waals surface area (Å²) in [7, 11) is 0. The maximum atomic E-state index is 14.9. The smallest absolute Gasteiger partial charge is 0.125 e. The quantitative estimate of drug-likeness (QED) is 0.162. The molecule has 1 aliphatic carbocycles. The highest BCUT2D eigenvalue weighted by Crippen LogP contribution is 2.61. The summed E-state index contributed by atoms with van der Waals surface area (Å²) in [4.78, 5) is 2.47. The Kier molecular flexibility index (Phi) is 7.10. The second-order valence-corrected chi connectivity index (χ2v) is 17.2. The van der Waals surface area contributed by atoms with Crippen molar-refractivity contribution in [1.29, 1.82) is 0 Å². The van der Waals surface area contributed by atoms with Gasteiger partial charge in [0, 0.05) is 16.8 Å². The van der Waals surface area contributed by atoms with Crippen LogP contribution in [0.2, 0.25) is 0 Å². The predicted octanol–water partition coefficient (Wildman–Crippen LogP) is 15.8. The van der Waals surface area contributed by atoms with Gasteiger partial charge in [-0.25, -0.2) is 4.39 Å². The Morgan fingerprint density at radius 1 is 0.448 bits per heavy atom. The molecule has 2 atom stereocenters. The normalized spacial score (nSPS) is 19.1. The molecule has 0 aromatic heterocycles. The van der Waals surface area contributed by atoms with Crippen molar-refractivity contribution in [3.8, 4) is 33.4 Å². The highest BCUT2D eigenvalue weighted by atomic mass is 19.1. The van der Waals surface area contributed by atoms with Crippen LogP contribution in [0.25, 0.3) is 87.2 Å². The summed E-state index contributed by atoms with van der Waals surface area (Å²) in [5.41, 5.74) is 10.7. The third-order valence-corrected chi connectivity index (χ3v) is 14.4. The Labute approximate surface area is 338 Å². The van der Waals surface area contributed by atoms with Crippen LogP contribution >= 0.6 is 0 Å². The molecule has 10 aromatic rings. The lowest BCUT2D eigenvalue weighted by Gasteiger charge is -2.50. The van der Waals surface area contributed by atoms with E-state index in [9.17, 15) is 4.39 Å². The second-order valence-electron chi connectivity index (χ2n) is 17.2. The zero-order chi connectivity index (χ0) is 38.8. The van der Waals surface area contributed by atoms with Crippen LogP contribution in [0, 0.1) is 5.82 Å². The van der Waals surface area contributed by atoms with Gasteiger partial charge < -0.3 is 4.90 Å². The first-order valence-corrected chi connectivity index (χ1v) is 20.8. The van der Waals surface area contributed by atoms with Crippen LogP contribution in [0.15, 0.2) is 170 Å². The minimum absolute atomic E-state index is 0.0987. The molecule has 2 aliphatic rings. The molecule has 0 saturated heterocycles. The van der Waals surface area contributed by atoms with Crippen molar-refractivity contribution in [2.75, 3.05) is 4.90 Å². The predicted molar refractivity (Wildman–Crippen MR) is 244 cm³/mol. The Balaban J connectivity index is 1.17. The fourth-order valence-electron chi connectivity index (χ4n) is 11.4. The Morgan fingerprint density at radius 3 is 1.81 bits per heavy atom. The van der Waals surface area contributed by atoms with Crippen molar-refractivity contribution < 1.29 is 4.39 Å². The topological polar surface area (TPSA) is 3.24 Å². The highest BCUT2D eigenvalue weighted by molar-refractivity contribution is 6.31. The maximum absolute atomic E-state index is 14.9. The Bertz CT molecular complexity index is 3290. The third kappa shape index (κ3) is 4.57. The first kappa shape index (κ1) is 33.6. The van der Waals surface area contributed by atoms with Gasteiger partial charge in [0.05, 0.1) is 5.54 Å². The first-order valence-electron chi connectivity index (χ1n) is 20.8. The molecule has 0 bridgehead atoms. The van der Waals surface area contributed by atoms with Crippen LogP contribution in [0.4, 0.5) is 15.8 Å². The minimum Gasteiger partial charge on any atom is -0.334 e. The summed E-state index contributed by atoms with van der Waals surface area (Å²) in [6.45, 7) is 4.88. The average Bonchev–Trinajstić information content (AvgIpc) is 3.47. The zero-order valence-electron chi connectivity index (χ0n) is 32.8. The van der Waals surface area contributed by atoms with Crippen molar-refractivity contribution in [1.82, 2.24) is 0 Å². The Hall–Kier alpha value is -6.51. The molecule has 1 fully saturated rings. The molecule has 278 valence electrons. The van der Waals surface area contributed by atoms with Crippen LogP contribution in [-0.2, 0) is 5.41 Å². The van der Waals surface area contributed by atoms with Crippen LogP contribution in [-0.4, -0.2) is 5.54 Å². The summed E-state index contributed by atoms with van der Waals surface area (Å²) in [5.74, 6) is -0.193. The number of hydrogen-bond acceptors (Lipinski definition) is 1. The number of nitrogens with zero attached hydrogens (tertiary/aromatic N) is 1. The molecule has 1 saturated carbocycles. The largest absolute Gasteiger partial charge is 0.334 e. The number of fused-ring (bicyclic) bond motifs is 5. The molecule has 12 rings (SSSR count). The lowest BCUT2D eigenvalue weighted by atomic mass is 9.61. The summed E-state index contributed by atoms with van der Waals surface area (Å²) in [6.07, 6.45) is 4.52. The number of rotatable bonds is 4. The van der Waals surface area contributed by atoms with E-state index in [0.29, 0.717) is 0 Å². The van der Waals surface area contributed by atoms with E-state index < -0.39 is 0 Å². The van der Waals surface area contributed by atoms with Gasteiger partial charge in [0.25, 0.3) is 0 Å². The standard InChI is InChI=1S/C56H42FN/c1-55-30-7-8-31-56(55,2)58(40-17-11-16-39(57)33-40)52-29-24-38(32-51(52)55)49-34-50(44-21-10-15-36-13-4-6-19-42(36)44)48-26-23-37-22-25-45(46-27-28-47(49)54(48)53(37)46)43-20-9-14-35-12-3-5-18-41(35)43/h3-6,9-29,32-34H,7-8,30-31H2,1-2H3. The van der Waals surface area contributed by atoms with Gasteiger partial charge in [0.1, 0.15) is 5.82 Å². The molecule has 0 spiro atoms. The molecular formula is C56H42FN. The van der Waals surface area contributed by atoms with E-state index in [4.69, 9.17) is 0 Å². The van der Waals surface area contributed by atoms with Crippen molar-refractivity contribution in [3.05, 3.63) is 181 Å². The summed E-state index contributed by atoms with van der Waals surface area (Å²) >= 11 is 0. The van der Waals surface area contributed by atoms with Crippen LogP contribution < -0.4 is 4.90 Å². The van der Waals surface area contributed by atoms with Crippen LogP contribution in [0.1, 0.15) is 45.1 Å². The van der Waals surface area contributed by atoms with E-state index in [0.717, 1.165) is 18.5 Å². The maximum Gasteiger partial charge on any atom is 0.125 e. The Morgan fingerprint density at radius 2 is 1.05 bits per heavy atom. The first-order chi connectivity index (χ1) is 28.4. The molecule has 0 radical (unpaired) electrons.